The van der Waals surface area contributed by atoms with Crippen molar-refractivity contribution in [2.24, 2.45) is 11.8 Å². The van der Waals surface area contributed by atoms with Gasteiger partial charge < -0.3 is 19.5 Å². The molecule has 1 amide bonds. The lowest BCUT2D eigenvalue weighted by Crippen LogP contribution is -2.52. The second kappa shape index (κ2) is 8.65. The predicted molar refractivity (Wildman–Crippen MR) is 106 cm³/mol. The fourth-order valence-electron chi connectivity index (χ4n) is 3.58. The molecule has 8 heteroatoms. The lowest BCUT2D eigenvalue weighted by molar-refractivity contribution is 0.0941. The molecule has 0 aromatic heterocycles. The number of carbonyl (C=O) groups is 1. The van der Waals surface area contributed by atoms with E-state index in [0.717, 1.165) is 6.42 Å². The molecule has 0 saturated heterocycles. The number of fused-ring (bicyclic) bond motifs is 1. The second-order valence-electron chi connectivity index (χ2n) is 7.13. The number of benzene rings is 1. The number of hydrogen-bond acceptors (Lipinski definition) is 5. The molecular formula is C19H27N3O4S. The largest absolute Gasteiger partial charge is 0.493 e. The minimum atomic E-state index is -0.334. The van der Waals surface area contributed by atoms with Gasteiger partial charge in [0.2, 0.25) is 5.75 Å². The molecule has 148 valence electrons. The van der Waals surface area contributed by atoms with E-state index in [4.69, 9.17) is 26.4 Å². The standard InChI is InChI=1S/C19H27N3O4S/c1-11-5-4-6-14(12(11)2)20-19(27)22-21-18(23)13-9-15(24-3)17-16(10-13)25-7-8-26-17/h9-12,14H,4-8H2,1-3H3,(H,21,23)(H2,20,22,27)/t11-,12+,14+/m0/s1. The Morgan fingerprint density at radius 2 is 1.96 bits per heavy atom. The summed E-state index contributed by atoms with van der Waals surface area (Å²) in [6.45, 7) is 5.40. The maximum Gasteiger partial charge on any atom is 0.269 e. The van der Waals surface area contributed by atoms with Gasteiger partial charge >= 0.3 is 0 Å². The normalized spacial score (nSPS) is 23.9. The zero-order chi connectivity index (χ0) is 19.4. The summed E-state index contributed by atoms with van der Waals surface area (Å²) in [5.41, 5.74) is 5.81. The molecule has 1 aromatic rings. The molecule has 0 unspecified atom stereocenters. The summed E-state index contributed by atoms with van der Waals surface area (Å²) in [6, 6.07) is 3.57. The summed E-state index contributed by atoms with van der Waals surface area (Å²) in [5, 5.41) is 3.73. The van der Waals surface area contributed by atoms with E-state index >= 15 is 0 Å². The van der Waals surface area contributed by atoms with E-state index in [-0.39, 0.29) is 5.91 Å². The van der Waals surface area contributed by atoms with Crippen LogP contribution in [0.25, 0.3) is 0 Å². The number of methoxy groups -OCH3 is 1. The molecule has 3 atom stereocenters. The van der Waals surface area contributed by atoms with Gasteiger partial charge in [0.05, 0.1) is 7.11 Å². The molecule has 1 aliphatic heterocycles. The topological polar surface area (TPSA) is 80.9 Å². The number of amides is 1. The summed E-state index contributed by atoms with van der Waals surface area (Å²) >= 11 is 5.33. The van der Waals surface area contributed by atoms with Crippen molar-refractivity contribution in [3.05, 3.63) is 17.7 Å². The Kier molecular flexibility index (Phi) is 6.26. The summed E-state index contributed by atoms with van der Waals surface area (Å²) in [7, 11) is 1.53. The fourth-order valence-corrected chi connectivity index (χ4v) is 3.78. The Bertz CT molecular complexity index is 695. The number of thiocarbonyl (C=S) groups is 1. The molecule has 1 fully saturated rings. The second-order valence-corrected chi connectivity index (χ2v) is 7.54. The first-order valence-electron chi connectivity index (χ1n) is 9.34. The van der Waals surface area contributed by atoms with Crippen molar-refractivity contribution in [3.63, 3.8) is 0 Å². The third-order valence-corrected chi connectivity index (χ3v) is 5.62. The molecule has 1 aromatic carbocycles. The highest BCUT2D eigenvalue weighted by atomic mass is 32.1. The van der Waals surface area contributed by atoms with Crippen LogP contribution in [-0.4, -0.2) is 37.4 Å². The van der Waals surface area contributed by atoms with E-state index in [0.29, 0.717) is 59.0 Å². The van der Waals surface area contributed by atoms with Crippen molar-refractivity contribution in [2.45, 2.75) is 39.2 Å². The van der Waals surface area contributed by atoms with Gasteiger partial charge in [-0.25, -0.2) is 0 Å². The minimum Gasteiger partial charge on any atom is -0.493 e. The molecule has 3 N–H and O–H groups in total. The number of ether oxygens (including phenoxy) is 3. The zero-order valence-electron chi connectivity index (χ0n) is 16.0. The average molecular weight is 394 g/mol. The van der Waals surface area contributed by atoms with Gasteiger partial charge in [0, 0.05) is 11.6 Å². The molecule has 7 nitrogen and oxygen atoms in total. The Morgan fingerprint density at radius 1 is 1.19 bits per heavy atom. The zero-order valence-corrected chi connectivity index (χ0v) is 16.8. The van der Waals surface area contributed by atoms with Gasteiger partial charge in [0.25, 0.3) is 5.91 Å². The molecule has 1 aliphatic carbocycles. The smallest absolute Gasteiger partial charge is 0.269 e. The Balaban J connectivity index is 1.58. The third kappa shape index (κ3) is 4.55. The van der Waals surface area contributed by atoms with Gasteiger partial charge in [0.15, 0.2) is 16.6 Å². The predicted octanol–water partition coefficient (Wildman–Crippen LogP) is 2.40. The van der Waals surface area contributed by atoms with Crippen molar-refractivity contribution in [3.8, 4) is 17.2 Å². The molecule has 1 heterocycles. The monoisotopic (exact) mass is 393 g/mol. The van der Waals surface area contributed by atoms with Crippen molar-refractivity contribution >= 4 is 23.2 Å². The molecule has 0 bridgehead atoms. The van der Waals surface area contributed by atoms with Crippen molar-refractivity contribution < 1.29 is 19.0 Å². The van der Waals surface area contributed by atoms with Crippen LogP contribution in [0.3, 0.4) is 0 Å². The molecule has 2 aliphatic rings. The van der Waals surface area contributed by atoms with Gasteiger partial charge in [-0.15, -0.1) is 0 Å². The third-order valence-electron chi connectivity index (χ3n) is 5.40. The van der Waals surface area contributed by atoms with Crippen LogP contribution in [-0.2, 0) is 0 Å². The van der Waals surface area contributed by atoms with Crippen LogP contribution < -0.4 is 30.4 Å². The van der Waals surface area contributed by atoms with Crippen LogP contribution in [0.1, 0.15) is 43.5 Å². The molecule has 1 saturated carbocycles. The lowest BCUT2D eigenvalue weighted by Gasteiger charge is -2.35. The van der Waals surface area contributed by atoms with Gasteiger partial charge in [0.1, 0.15) is 13.2 Å². The van der Waals surface area contributed by atoms with E-state index in [1.807, 2.05) is 0 Å². The SMILES string of the molecule is COc1cc(C(=O)NNC(=S)N[C@@H]2CCC[C@H](C)[C@H]2C)cc2c1OCCO2. The van der Waals surface area contributed by atoms with E-state index in [1.165, 1.54) is 20.0 Å². The van der Waals surface area contributed by atoms with Gasteiger partial charge in [-0.1, -0.05) is 26.7 Å². The molecule has 27 heavy (non-hydrogen) atoms. The van der Waals surface area contributed by atoms with Crippen molar-refractivity contribution in [1.82, 2.24) is 16.2 Å². The van der Waals surface area contributed by atoms with Crippen LogP contribution in [0.2, 0.25) is 0 Å². The van der Waals surface area contributed by atoms with Gasteiger partial charge in [-0.2, -0.15) is 0 Å². The average Bonchev–Trinajstić information content (AvgIpc) is 2.68. The van der Waals surface area contributed by atoms with Crippen LogP contribution >= 0.6 is 12.2 Å². The number of hydrazine groups is 1. The maximum absolute atomic E-state index is 12.5. The molecule has 3 rings (SSSR count). The minimum absolute atomic E-state index is 0.319. The number of rotatable bonds is 3. The first-order valence-corrected chi connectivity index (χ1v) is 9.75. The highest BCUT2D eigenvalue weighted by Gasteiger charge is 2.27. The number of nitrogens with one attached hydrogen (secondary N) is 3. The lowest BCUT2D eigenvalue weighted by atomic mass is 9.78. The van der Waals surface area contributed by atoms with Crippen molar-refractivity contribution in [2.75, 3.05) is 20.3 Å². The van der Waals surface area contributed by atoms with E-state index in [1.54, 1.807) is 12.1 Å². The highest BCUT2D eigenvalue weighted by Crippen LogP contribution is 2.40. The summed E-state index contributed by atoms with van der Waals surface area (Å²) < 4.78 is 16.4. The van der Waals surface area contributed by atoms with E-state index < -0.39 is 0 Å². The summed E-state index contributed by atoms with van der Waals surface area (Å²) in [5.74, 6) is 2.35. The van der Waals surface area contributed by atoms with Gasteiger partial charge in [-0.3, -0.25) is 15.6 Å². The highest BCUT2D eigenvalue weighted by molar-refractivity contribution is 7.80. The molecular weight excluding hydrogens is 366 g/mol. The number of carbonyl (C=O) groups excluding carboxylic acids is 1. The van der Waals surface area contributed by atoms with Crippen LogP contribution in [0.5, 0.6) is 17.2 Å². The Hall–Kier alpha value is -2.22. The summed E-state index contributed by atoms with van der Waals surface area (Å²) in [6.07, 6.45) is 3.53. The Labute approximate surface area is 165 Å². The summed E-state index contributed by atoms with van der Waals surface area (Å²) in [4.78, 5) is 12.5. The van der Waals surface area contributed by atoms with Crippen LogP contribution in [0, 0.1) is 11.8 Å². The quantitative estimate of drug-likeness (QED) is 0.537. The van der Waals surface area contributed by atoms with Crippen molar-refractivity contribution in [1.29, 1.82) is 0 Å². The first kappa shape index (κ1) is 19.5. The molecule has 0 radical (unpaired) electrons. The number of hydrogen-bond donors (Lipinski definition) is 3. The van der Waals surface area contributed by atoms with Crippen LogP contribution in [0.4, 0.5) is 0 Å². The van der Waals surface area contributed by atoms with Gasteiger partial charge in [-0.05, 0) is 42.6 Å². The first-order chi connectivity index (χ1) is 13.0. The Morgan fingerprint density at radius 3 is 2.74 bits per heavy atom. The fraction of sp³-hybridized carbons (Fsp3) is 0.579. The van der Waals surface area contributed by atoms with E-state index in [2.05, 4.69) is 30.0 Å². The van der Waals surface area contributed by atoms with Crippen LogP contribution in [0.15, 0.2) is 12.1 Å². The maximum atomic E-state index is 12.5. The van der Waals surface area contributed by atoms with E-state index in [9.17, 15) is 4.79 Å². The molecule has 0 spiro atoms.